The summed E-state index contributed by atoms with van der Waals surface area (Å²) in [4.78, 5) is 20.0. The summed E-state index contributed by atoms with van der Waals surface area (Å²) in [5.41, 5.74) is 8.31. The van der Waals surface area contributed by atoms with Crippen molar-refractivity contribution in [3.8, 4) is 0 Å². The number of piperidine rings is 1. The third-order valence-electron chi connectivity index (χ3n) is 5.06. The van der Waals surface area contributed by atoms with E-state index >= 15 is 0 Å². The molecule has 138 valence electrons. The molecule has 2 aromatic carbocycles. The molecule has 1 amide bonds. The van der Waals surface area contributed by atoms with E-state index in [1.54, 1.807) is 12.3 Å². The lowest BCUT2D eigenvalue weighted by atomic mass is 9.85. The molecular weight excluding hydrogens is 345 g/mol. The molecule has 1 aromatic heterocycles. The second kappa shape index (κ2) is 7.28. The van der Waals surface area contributed by atoms with Crippen molar-refractivity contribution in [2.75, 3.05) is 18.4 Å². The second-order valence-corrected chi connectivity index (χ2v) is 6.71. The smallest absolute Gasteiger partial charge is 0.250 e. The Kier molecular flexibility index (Phi) is 4.68. The summed E-state index contributed by atoms with van der Waals surface area (Å²) in [6.45, 7) is 1.68. The van der Waals surface area contributed by atoms with Gasteiger partial charge in [-0.25, -0.2) is 14.4 Å². The van der Waals surface area contributed by atoms with Crippen LogP contribution in [-0.2, 0) is 0 Å². The number of nitrogens with one attached hydrogen (secondary N) is 2. The van der Waals surface area contributed by atoms with Crippen molar-refractivity contribution in [3.63, 3.8) is 0 Å². The van der Waals surface area contributed by atoms with Gasteiger partial charge in [-0.15, -0.1) is 0 Å². The average molecular weight is 365 g/mol. The van der Waals surface area contributed by atoms with E-state index in [9.17, 15) is 9.18 Å². The van der Waals surface area contributed by atoms with Crippen molar-refractivity contribution in [1.82, 2.24) is 15.3 Å². The van der Waals surface area contributed by atoms with Gasteiger partial charge in [-0.1, -0.05) is 12.1 Å². The zero-order valence-electron chi connectivity index (χ0n) is 14.7. The van der Waals surface area contributed by atoms with Crippen LogP contribution in [0, 0.1) is 5.82 Å². The predicted molar refractivity (Wildman–Crippen MR) is 102 cm³/mol. The van der Waals surface area contributed by atoms with Gasteiger partial charge in [0.25, 0.3) is 5.91 Å². The van der Waals surface area contributed by atoms with E-state index in [1.807, 2.05) is 18.2 Å². The molecule has 0 aliphatic carbocycles. The minimum Gasteiger partial charge on any atom is -0.380 e. The number of carbonyl (C=O) groups excluding carboxylic acids is 1. The Labute approximate surface area is 156 Å². The monoisotopic (exact) mass is 365 g/mol. The summed E-state index contributed by atoms with van der Waals surface area (Å²) < 4.78 is 13.3. The molecule has 1 saturated heterocycles. The standard InChI is InChI=1S/C20H20FN5O/c21-13-3-1-12(2-4-13)14-7-8-23-10-18(14)26-17-6-5-15(20(22)27)19-16(17)9-24-11-25-19/h1-6,9,11,14,18,23,26H,7-8,10H2,(H2,22,27)/t14-,18+/m1/s1. The first-order chi connectivity index (χ1) is 13.1. The van der Waals surface area contributed by atoms with Gasteiger partial charge in [0, 0.05) is 35.8 Å². The third-order valence-corrected chi connectivity index (χ3v) is 5.06. The molecule has 1 aliphatic rings. The molecule has 0 unspecified atom stereocenters. The second-order valence-electron chi connectivity index (χ2n) is 6.71. The molecule has 4 N–H and O–H groups in total. The van der Waals surface area contributed by atoms with Crippen LogP contribution in [-0.4, -0.2) is 35.0 Å². The molecule has 1 fully saturated rings. The molecule has 1 aliphatic heterocycles. The van der Waals surface area contributed by atoms with E-state index in [-0.39, 0.29) is 17.8 Å². The van der Waals surface area contributed by atoms with Crippen LogP contribution < -0.4 is 16.4 Å². The molecular formula is C20H20FN5O. The minimum atomic E-state index is -0.520. The van der Waals surface area contributed by atoms with E-state index in [2.05, 4.69) is 20.6 Å². The van der Waals surface area contributed by atoms with Crippen molar-refractivity contribution in [2.24, 2.45) is 5.73 Å². The van der Waals surface area contributed by atoms with Gasteiger partial charge in [-0.2, -0.15) is 0 Å². The van der Waals surface area contributed by atoms with Gasteiger partial charge in [-0.05, 0) is 42.8 Å². The number of nitrogens with two attached hydrogens (primary N) is 1. The molecule has 7 heteroatoms. The zero-order chi connectivity index (χ0) is 18.8. The predicted octanol–water partition coefficient (Wildman–Crippen LogP) is 2.43. The number of hydrogen-bond acceptors (Lipinski definition) is 5. The van der Waals surface area contributed by atoms with Crippen LogP contribution in [0.15, 0.2) is 48.9 Å². The van der Waals surface area contributed by atoms with E-state index in [0.29, 0.717) is 11.1 Å². The Hall–Kier alpha value is -3.06. The van der Waals surface area contributed by atoms with Crippen LogP contribution in [0.3, 0.4) is 0 Å². The first-order valence-electron chi connectivity index (χ1n) is 8.88. The molecule has 0 radical (unpaired) electrons. The molecule has 4 rings (SSSR count). The maximum Gasteiger partial charge on any atom is 0.250 e. The number of halogens is 1. The number of aromatic nitrogens is 2. The molecule has 0 spiro atoms. The highest BCUT2D eigenvalue weighted by Crippen LogP contribution is 2.31. The van der Waals surface area contributed by atoms with Crippen LogP contribution in [0.25, 0.3) is 10.9 Å². The average Bonchev–Trinajstić information content (AvgIpc) is 2.69. The fourth-order valence-electron chi connectivity index (χ4n) is 3.72. The summed E-state index contributed by atoms with van der Waals surface area (Å²) in [6, 6.07) is 10.3. The molecule has 0 bridgehead atoms. The number of primary amides is 1. The van der Waals surface area contributed by atoms with Gasteiger partial charge in [0.15, 0.2) is 0 Å². The van der Waals surface area contributed by atoms with Crippen molar-refractivity contribution in [2.45, 2.75) is 18.4 Å². The largest absolute Gasteiger partial charge is 0.380 e. The van der Waals surface area contributed by atoms with Crippen LogP contribution in [0.5, 0.6) is 0 Å². The molecule has 6 nitrogen and oxygen atoms in total. The van der Waals surface area contributed by atoms with E-state index in [4.69, 9.17) is 5.73 Å². The van der Waals surface area contributed by atoms with Crippen molar-refractivity contribution >= 4 is 22.5 Å². The fourth-order valence-corrected chi connectivity index (χ4v) is 3.72. The van der Waals surface area contributed by atoms with Crippen molar-refractivity contribution < 1.29 is 9.18 Å². The number of nitrogens with zero attached hydrogens (tertiary/aromatic N) is 2. The lowest BCUT2D eigenvalue weighted by Gasteiger charge is -2.34. The number of fused-ring (bicyclic) bond motifs is 1. The lowest BCUT2D eigenvalue weighted by molar-refractivity contribution is 0.100. The fraction of sp³-hybridized carbons (Fsp3) is 0.250. The quantitative estimate of drug-likeness (QED) is 0.660. The van der Waals surface area contributed by atoms with E-state index in [0.717, 1.165) is 36.1 Å². The molecule has 3 aromatic rings. The number of carbonyl (C=O) groups is 1. The van der Waals surface area contributed by atoms with Gasteiger partial charge < -0.3 is 16.4 Å². The van der Waals surface area contributed by atoms with Gasteiger partial charge in [0.1, 0.15) is 12.1 Å². The number of anilines is 1. The first-order valence-corrected chi connectivity index (χ1v) is 8.88. The Morgan fingerprint density at radius 1 is 1.22 bits per heavy atom. The van der Waals surface area contributed by atoms with Gasteiger partial charge >= 0.3 is 0 Å². The van der Waals surface area contributed by atoms with Gasteiger partial charge in [0.05, 0.1) is 11.1 Å². The number of hydrogen-bond donors (Lipinski definition) is 3. The Balaban J connectivity index is 1.69. The van der Waals surface area contributed by atoms with Crippen molar-refractivity contribution in [3.05, 3.63) is 65.9 Å². The summed E-state index contributed by atoms with van der Waals surface area (Å²) in [6.07, 6.45) is 4.03. The molecule has 2 heterocycles. The number of benzene rings is 2. The topological polar surface area (TPSA) is 92.9 Å². The van der Waals surface area contributed by atoms with Crippen LogP contribution in [0.1, 0.15) is 28.3 Å². The molecule has 27 heavy (non-hydrogen) atoms. The highest BCUT2D eigenvalue weighted by molar-refractivity contribution is 6.07. The van der Waals surface area contributed by atoms with E-state index < -0.39 is 5.91 Å². The highest BCUT2D eigenvalue weighted by Gasteiger charge is 2.27. The van der Waals surface area contributed by atoms with Crippen LogP contribution in [0.4, 0.5) is 10.1 Å². The summed E-state index contributed by atoms with van der Waals surface area (Å²) in [5.74, 6) is -0.515. The van der Waals surface area contributed by atoms with Gasteiger partial charge in [-0.3, -0.25) is 4.79 Å². The molecule has 0 saturated carbocycles. The van der Waals surface area contributed by atoms with E-state index in [1.165, 1.54) is 18.5 Å². The normalized spacial score (nSPS) is 19.7. The van der Waals surface area contributed by atoms with Gasteiger partial charge in [0.2, 0.25) is 0 Å². The maximum atomic E-state index is 13.3. The zero-order valence-corrected chi connectivity index (χ0v) is 14.7. The highest BCUT2D eigenvalue weighted by atomic mass is 19.1. The summed E-state index contributed by atoms with van der Waals surface area (Å²) >= 11 is 0. The summed E-state index contributed by atoms with van der Waals surface area (Å²) in [7, 11) is 0. The first kappa shape index (κ1) is 17.4. The van der Waals surface area contributed by atoms with Crippen LogP contribution in [0.2, 0.25) is 0 Å². The molecule has 2 atom stereocenters. The number of rotatable bonds is 4. The minimum absolute atomic E-state index is 0.104. The Morgan fingerprint density at radius 2 is 2.04 bits per heavy atom. The lowest BCUT2D eigenvalue weighted by Crippen LogP contribution is -2.44. The SMILES string of the molecule is NC(=O)c1ccc(N[C@H]2CNCC[C@@H]2c2ccc(F)cc2)c2cncnc12. The Morgan fingerprint density at radius 3 is 2.81 bits per heavy atom. The third kappa shape index (κ3) is 3.46. The van der Waals surface area contributed by atoms with Crippen LogP contribution >= 0.6 is 0 Å². The number of amides is 1. The van der Waals surface area contributed by atoms with Crippen molar-refractivity contribution in [1.29, 1.82) is 0 Å². The Bertz CT molecular complexity index is 976. The summed E-state index contributed by atoms with van der Waals surface area (Å²) in [5, 5.41) is 7.71. The maximum absolute atomic E-state index is 13.3.